The molecule has 0 aromatic heterocycles. The molecule has 0 amide bonds. The molecule has 0 bridgehead atoms. The summed E-state index contributed by atoms with van der Waals surface area (Å²) in [6, 6.07) is 0. The Bertz CT molecular complexity index is 76.0. The minimum Gasteiger partial charge on any atom is -0.0625 e. The van der Waals surface area contributed by atoms with Crippen molar-refractivity contribution in [2.24, 2.45) is 17.8 Å². The molecule has 0 N–H and O–H groups in total. The molecule has 40 valence electrons. The molecule has 0 spiro atoms. The zero-order valence-corrected chi connectivity index (χ0v) is 4.85. The van der Waals surface area contributed by atoms with Gasteiger partial charge in [0, 0.05) is 0 Å². The largest absolute Gasteiger partial charge is 0.0625 e. The van der Waals surface area contributed by atoms with E-state index in [1.54, 1.807) is 19.3 Å². The van der Waals surface area contributed by atoms with E-state index < -0.39 is 0 Å². The summed E-state index contributed by atoms with van der Waals surface area (Å²) in [4.78, 5) is 0. The Morgan fingerprint density at radius 3 is 1.86 bits per heavy atom. The first kappa shape index (κ1) is 3.94. The zero-order valence-electron chi connectivity index (χ0n) is 4.85. The average Bonchev–Trinajstić information content (AvgIpc) is 2.15. The van der Waals surface area contributed by atoms with Crippen molar-refractivity contribution in [2.75, 3.05) is 0 Å². The van der Waals surface area contributed by atoms with Crippen molar-refractivity contribution >= 4 is 0 Å². The van der Waals surface area contributed by atoms with E-state index in [0.717, 1.165) is 5.92 Å². The maximum atomic E-state index is 2.38. The Balaban J connectivity index is 2.02. The molecular weight excluding hydrogens is 84.1 g/mol. The van der Waals surface area contributed by atoms with Gasteiger partial charge in [0.2, 0.25) is 0 Å². The second kappa shape index (κ2) is 1.04. The van der Waals surface area contributed by atoms with E-state index in [1.807, 2.05) is 0 Å². The number of hydrogen-bond acceptors (Lipinski definition) is 0. The second-order valence-corrected chi connectivity index (χ2v) is 3.33. The van der Waals surface area contributed by atoms with Crippen molar-refractivity contribution in [3.05, 3.63) is 0 Å². The standard InChI is InChI=1S/C7H12/c1-5-2-6-4-7(6)3-5/h5-7H,2-4H2,1H3/t5?,6-,7+. The molecule has 2 saturated carbocycles. The molecule has 0 heterocycles. The molecule has 2 rings (SSSR count). The van der Waals surface area contributed by atoms with E-state index in [2.05, 4.69) is 6.92 Å². The minimum atomic E-state index is 1.07. The molecule has 0 aromatic rings. The van der Waals surface area contributed by atoms with E-state index in [1.165, 1.54) is 11.8 Å². The molecule has 3 atom stereocenters. The summed E-state index contributed by atoms with van der Waals surface area (Å²) in [5.41, 5.74) is 0. The molecule has 7 heavy (non-hydrogen) atoms. The highest BCUT2D eigenvalue weighted by atomic mass is 14.5. The van der Waals surface area contributed by atoms with Gasteiger partial charge in [0.05, 0.1) is 0 Å². The Morgan fingerprint density at radius 2 is 1.57 bits per heavy atom. The Morgan fingerprint density at radius 1 is 1.00 bits per heavy atom. The third kappa shape index (κ3) is 0.490. The normalized spacial score (nSPS) is 57.0. The molecule has 2 aliphatic carbocycles. The van der Waals surface area contributed by atoms with E-state index in [0.29, 0.717) is 0 Å². The lowest BCUT2D eigenvalue weighted by atomic mass is 10.1. The Labute approximate surface area is 44.9 Å². The van der Waals surface area contributed by atoms with Crippen LogP contribution >= 0.6 is 0 Å². The third-order valence-corrected chi connectivity index (χ3v) is 2.48. The lowest BCUT2D eigenvalue weighted by Gasteiger charge is -1.98. The van der Waals surface area contributed by atoms with Gasteiger partial charge in [0.25, 0.3) is 0 Å². The van der Waals surface area contributed by atoms with Gasteiger partial charge in [0.1, 0.15) is 0 Å². The van der Waals surface area contributed by atoms with Crippen LogP contribution in [0.1, 0.15) is 26.2 Å². The Kier molecular flexibility index (Phi) is 0.586. The van der Waals surface area contributed by atoms with Crippen LogP contribution < -0.4 is 0 Å². The van der Waals surface area contributed by atoms with Crippen LogP contribution in [0, 0.1) is 17.8 Å². The first-order valence-corrected chi connectivity index (χ1v) is 3.36. The lowest BCUT2D eigenvalue weighted by Crippen LogP contribution is -1.86. The van der Waals surface area contributed by atoms with Gasteiger partial charge in [-0.1, -0.05) is 6.92 Å². The predicted octanol–water partition coefficient (Wildman–Crippen LogP) is 2.05. The van der Waals surface area contributed by atoms with Gasteiger partial charge in [-0.2, -0.15) is 0 Å². The van der Waals surface area contributed by atoms with Crippen molar-refractivity contribution in [3.63, 3.8) is 0 Å². The number of rotatable bonds is 0. The van der Waals surface area contributed by atoms with E-state index in [9.17, 15) is 0 Å². The van der Waals surface area contributed by atoms with Gasteiger partial charge < -0.3 is 0 Å². The highest BCUT2D eigenvalue weighted by molar-refractivity contribution is 4.94. The van der Waals surface area contributed by atoms with E-state index in [-0.39, 0.29) is 0 Å². The summed E-state index contributed by atoms with van der Waals surface area (Å²) in [6.07, 6.45) is 4.67. The van der Waals surface area contributed by atoms with Crippen molar-refractivity contribution in [3.8, 4) is 0 Å². The quantitative estimate of drug-likeness (QED) is 0.433. The second-order valence-electron chi connectivity index (χ2n) is 3.33. The van der Waals surface area contributed by atoms with Crippen LogP contribution in [0.3, 0.4) is 0 Å². The van der Waals surface area contributed by atoms with Crippen molar-refractivity contribution in [2.45, 2.75) is 26.2 Å². The summed E-state index contributed by atoms with van der Waals surface area (Å²) < 4.78 is 0. The molecule has 0 saturated heterocycles. The van der Waals surface area contributed by atoms with Crippen LogP contribution in [-0.2, 0) is 0 Å². The lowest BCUT2D eigenvalue weighted by molar-refractivity contribution is 0.535. The van der Waals surface area contributed by atoms with Gasteiger partial charge in [0.15, 0.2) is 0 Å². The van der Waals surface area contributed by atoms with Gasteiger partial charge in [-0.15, -0.1) is 0 Å². The van der Waals surface area contributed by atoms with E-state index >= 15 is 0 Å². The first-order chi connectivity index (χ1) is 3.36. The van der Waals surface area contributed by atoms with Crippen molar-refractivity contribution in [1.29, 1.82) is 0 Å². The van der Waals surface area contributed by atoms with Gasteiger partial charge in [-0.3, -0.25) is 0 Å². The van der Waals surface area contributed by atoms with Gasteiger partial charge in [-0.25, -0.2) is 0 Å². The van der Waals surface area contributed by atoms with E-state index in [4.69, 9.17) is 0 Å². The minimum absolute atomic E-state index is 1.07. The highest BCUT2D eigenvalue weighted by Gasteiger charge is 2.43. The smallest absolute Gasteiger partial charge is 0.0380 e. The van der Waals surface area contributed by atoms with Gasteiger partial charge >= 0.3 is 0 Å². The highest BCUT2D eigenvalue weighted by Crippen LogP contribution is 2.53. The van der Waals surface area contributed by atoms with Crippen LogP contribution in [0.4, 0.5) is 0 Å². The van der Waals surface area contributed by atoms with Crippen LogP contribution in [0.2, 0.25) is 0 Å². The fourth-order valence-electron chi connectivity index (χ4n) is 2.02. The fourth-order valence-corrected chi connectivity index (χ4v) is 2.02. The average molecular weight is 96.2 g/mol. The number of fused-ring (bicyclic) bond motifs is 1. The third-order valence-electron chi connectivity index (χ3n) is 2.48. The summed E-state index contributed by atoms with van der Waals surface area (Å²) in [5.74, 6) is 3.45. The monoisotopic (exact) mass is 96.1 g/mol. The SMILES string of the molecule is CC1C[C@@H]2C[C@@H]2C1. The molecule has 1 unspecified atom stereocenters. The van der Waals surface area contributed by atoms with Gasteiger partial charge in [-0.05, 0) is 37.0 Å². The topological polar surface area (TPSA) is 0 Å². The summed E-state index contributed by atoms with van der Waals surface area (Å²) >= 11 is 0. The molecule has 2 aliphatic rings. The molecule has 0 aromatic carbocycles. The van der Waals surface area contributed by atoms with Crippen LogP contribution in [0.15, 0.2) is 0 Å². The molecule has 0 aliphatic heterocycles. The predicted molar refractivity (Wildman–Crippen MR) is 30.0 cm³/mol. The molecule has 0 heteroatoms. The van der Waals surface area contributed by atoms with Crippen molar-refractivity contribution < 1.29 is 0 Å². The van der Waals surface area contributed by atoms with Crippen LogP contribution in [0.5, 0.6) is 0 Å². The summed E-state index contributed by atoms with van der Waals surface area (Å²) in [5, 5.41) is 0. The van der Waals surface area contributed by atoms with Crippen LogP contribution in [-0.4, -0.2) is 0 Å². The fraction of sp³-hybridized carbons (Fsp3) is 1.00. The molecule has 2 fully saturated rings. The van der Waals surface area contributed by atoms with Crippen molar-refractivity contribution in [1.82, 2.24) is 0 Å². The Hall–Kier alpha value is 0. The maximum absolute atomic E-state index is 2.38. The first-order valence-electron chi connectivity index (χ1n) is 3.36. The summed E-state index contributed by atoms with van der Waals surface area (Å²) in [6.45, 7) is 2.38. The molecular formula is C7H12. The zero-order chi connectivity index (χ0) is 4.85. The maximum Gasteiger partial charge on any atom is -0.0380 e. The van der Waals surface area contributed by atoms with Crippen LogP contribution in [0.25, 0.3) is 0 Å². The summed E-state index contributed by atoms with van der Waals surface area (Å²) in [7, 11) is 0. The molecule has 0 radical (unpaired) electrons. The number of hydrogen-bond donors (Lipinski definition) is 0. The molecule has 0 nitrogen and oxygen atoms in total.